The molecule has 1 aromatic carbocycles. The molecule has 0 aliphatic heterocycles. The van der Waals surface area contributed by atoms with Gasteiger partial charge in [-0.05, 0) is 44.3 Å². The molecule has 0 heterocycles. The minimum atomic E-state index is 0.437. The van der Waals surface area contributed by atoms with Crippen LogP contribution in [0, 0.1) is 6.92 Å². The van der Waals surface area contributed by atoms with E-state index in [2.05, 4.69) is 61.9 Å². The van der Waals surface area contributed by atoms with Crippen molar-refractivity contribution in [3.63, 3.8) is 0 Å². The number of hydrogen-bond acceptors (Lipinski definition) is 2. The molecule has 0 aliphatic carbocycles. The second-order valence-corrected chi connectivity index (χ2v) is 6.65. The molecule has 0 bridgehead atoms. The van der Waals surface area contributed by atoms with Gasteiger partial charge < -0.3 is 10.6 Å². The highest BCUT2D eigenvalue weighted by atomic mass is 32.2. The summed E-state index contributed by atoms with van der Waals surface area (Å²) in [5.41, 5.74) is 2.67. The molecule has 0 amide bonds. The Kier molecular flexibility index (Phi) is 9.80. The van der Waals surface area contributed by atoms with Crippen LogP contribution in [0.1, 0.15) is 43.7 Å². The lowest BCUT2D eigenvalue weighted by atomic mass is 10.00. The van der Waals surface area contributed by atoms with E-state index in [9.17, 15) is 0 Å². The topological polar surface area (TPSA) is 36.4 Å². The van der Waals surface area contributed by atoms with Gasteiger partial charge in [0, 0.05) is 25.6 Å². The fraction of sp³-hybridized carbons (Fsp3) is 0.611. The summed E-state index contributed by atoms with van der Waals surface area (Å²) in [6.07, 6.45) is 4.61. The molecular weight excluding hydrogens is 290 g/mol. The number of hydrogen-bond donors (Lipinski definition) is 2. The van der Waals surface area contributed by atoms with Gasteiger partial charge in [0.1, 0.15) is 0 Å². The van der Waals surface area contributed by atoms with E-state index in [1.54, 1.807) is 0 Å². The number of guanidine groups is 1. The maximum Gasteiger partial charge on any atom is 0.191 e. The van der Waals surface area contributed by atoms with Gasteiger partial charge in [0.2, 0.25) is 0 Å². The number of aliphatic imine (C=N–C) groups is 1. The van der Waals surface area contributed by atoms with Crippen LogP contribution in [0.3, 0.4) is 0 Å². The van der Waals surface area contributed by atoms with Gasteiger partial charge in [-0.15, -0.1) is 0 Å². The van der Waals surface area contributed by atoms with Crippen molar-refractivity contribution in [2.75, 3.05) is 31.6 Å². The highest BCUT2D eigenvalue weighted by Crippen LogP contribution is 2.16. The van der Waals surface area contributed by atoms with Gasteiger partial charge in [0.05, 0.1) is 0 Å². The lowest BCUT2D eigenvalue weighted by molar-refractivity contribution is 0.719. The van der Waals surface area contributed by atoms with Gasteiger partial charge in [0.15, 0.2) is 5.96 Å². The zero-order valence-corrected chi connectivity index (χ0v) is 15.3. The van der Waals surface area contributed by atoms with Gasteiger partial charge in [0.25, 0.3) is 0 Å². The van der Waals surface area contributed by atoms with Gasteiger partial charge >= 0.3 is 0 Å². The largest absolute Gasteiger partial charge is 0.357 e. The van der Waals surface area contributed by atoms with Crippen LogP contribution < -0.4 is 10.6 Å². The highest BCUT2D eigenvalue weighted by molar-refractivity contribution is 7.98. The summed E-state index contributed by atoms with van der Waals surface area (Å²) in [5.74, 6) is 2.61. The van der Waals surface area contributed by atoms with Crippen LogP contribution in [0.15, 0.2) is 29.3 Å². The number of thioether (sulfide) groups is 1. The Morgan fingerprint density at radius 3 is 2.77 bits per heavy atom. The SMILES string of the molecule is CCNC(=NCC(C)c1cccc(C)c1)NCCCCSC. The molecule has 4 heteroatoms. The fourth-order valence-electron chi connectivity index (χ4n) is 2.23. The lowest BCUT2D eigenvalue weighted by Crippen LogP contribution is -2.38. The van der Waals surface area contributed by atoms with E-state index >= 15 is 0 Å². The Labute approximate surface area is 140 Å². The predicted molar refractivity (Wildman–Crippen MR) is 101 cm³/mol. The quantitative estimate of drug-likeness (QED) is 0.413. The normalized spacial score (nSPS) is 13.0. The molecule has 0 saturated carbocycles. The lowest BCUT2D eigenvalue weighted by Gasteiger charge is -2.14. The van der Waals surface area contributed by atoms with Crippen molar-refractivity contribution in [2.24, 2.45) is 4.99 Å². The molecule has 1 aromatic rings. The first kappa shape index (κ1) is 18.9. The molecule has 1 unspecified atom stereocenters. The summed E-state index contributed by atoms with van der Waals surface area (Å²) in [5, 5.41) is 6.75. The first-order valence-electron chi connectivity index (χ1n) is 8.25. The van der Waals surface area contributed by atoms with E-state index in [-0.39, 0.29) is 0 Å². The molecule has 124 valence electrons. The van der Waals surface area contributed by atoms with Crippen LogP contribution in [0.25, 0.3) is 0 Å². The number of nitrogens with zero attached hydrogens (tertiary/aromatic N) is 1. The minimum Gasteiger partial charge on any atom is -0.357 e. The van der Waals surface area contributed by atoms with Crippen molar-refractivity contribution in [1.29, 1.82) is 0 Å². The Hall–Kier alpha value is -1.16. The van der Waals surface area contributed by atoms with E-state index in [0.29, 0.717) is 5.92 Å². The van der Waals surface area contributed by atoms with E-state index in [4.69, 9.17) is 4.99 Å². The number of benzene rings is 1. The van der Waals surface area contributed by atoms with Crippen LogP contribution >= 0.6 is 11.8 Å². The molecule has 0 fully saturated rings. The molecule has 0 radical (unpaired) electrons. The third kappa shape index (κ3) is 7.74. The predicted octanol–water partition coefficient (Wildman–Crippen LogP) is 3.80. The summed E-state index contributed by atoms with van der Waals surface area (Å²) >= 11 is 1.91. The van der Waals surface area contributed by atoms with Crippen molar-refractivity contribution in [1.82, 2.24) is 10.6 Å². The minimum absolute atomic E-state index is 0.437. The van der Waals surface area contributed by atoms with Gasteiger partial charge in [-0.2, -0.15) is 11.8 Å². The molecule has 2 N–H and O–H groups in total. The molecular formula is C18H31N3S. The highest BCUT2D eigenvalue weighted by Gasteiger charge is 2.05. The second kappa shape index (κ2) is 11.4. The molecule has 3 nitrogen and oxygen atoms in total. The van der Waals surface area contributed by atoms with Gasteiger partial charge in [-0.1, -0.05) is 36.8 Å². The average molecular weight is 322 g/mol. The average Bonchev–Trinajstić information content (AvgIpc) is 2.52. The van der Waals surface area contributed by atoms with Crippen LogP contribution in [0.4, 0.5) is 0 Å². The van der Waals surface area contributed by atoms with Crippen molar-refractivity contribution in [3.05, 3.63) is 35.4 Å². The third-order valence-corrected chi connectivity index (χ3v) is 4.24. The number of nitrogens with one attached hydrogen (secondary N) is 2. The molecule has 1 atom stereocenters. The van der Waals surface area contributed by atoms with Crippen molar-refractivity contribution in [3.8, 4) is 0 Å². The first-order chi connectivity index (χ1) is 10.7. The van der Waals surface area contributed by atoms with Crippen molar-refractivity contribution in [2.45, 2.75) is 39.5 Å². The summed E-state index contributed by atoms with van der Waals surface area (Å²) in [6, 6.07) is 8.71. The maximum absolute atomic E-state index is 4.73. The monoisotopic (exact) mass is 321 g/mol. The Bertz CT molecular complexity index is 446. The van der Waals surface area contributed by atoms with Crippen molar-refractivity contribution >= 4 is 17.7 Å². The Morgan fingerprint density at radius 2 is 2.09 bits per heavy atom. The van der Waals surface area contributed by atoms with Crippen LogP contribution in [0.2, 0.25) is 0 Å². The van der Waals surface area contributed by atoms with Gasteiger partial charge in [-0.3, -0.25) is 4.99 Å². The molecule has 22 heavy (non-hydrogen) atoms. The molecule has 0 aliphatic rings. The number of unbranched alkanes of at least 4 members (excludes halogenated alkanes) is 1. The summed E-state index contributed by atoms with van der Waals surface area (Å²) in [4.78, 5) is 4.73. The fourth-order valence-corrected chi connectivity index (χ4v) is 2.72. The maximum atomic E-state index is 4.73. The third-order valence-electron chi connectivity index (χ3n) is 3.55. The molecule has 0 saturated heterocycles. The Balaban J connectivity index is 2.46. The smallest absolute Gasteiger partial charge is 0.191 e. The van der Waals surface area contributed by atoms with Crippen LogP contribution in [0.5, 0.6) is 0 Å². The second-order valence-electron chi connectivity index (χ2n) is 5.66. The zero-order chi connectivity index (χ0) is 16.2. The van der Waals surface area contributed by atoms with Crippen LogP contribution in [-0.4, -0.2) is 37.6 Å². The van der Waals surface area contributed by atoms with Crippen molar-refractivity contribution < 1.29 is 0 Å². The van der Waals surface area contributed by atoms with E-state index in [0.717, 1.165) is 25.6 Å². The summed E-state index contributed by atoms with van der Waals surface area (Å²) in [6.45, 7) is 9.18. The van der Waals surface area contributed by atoms with E-state index in [1.807, 2.05) is 11.8 Å². The van der Waals surface area contributed by atoms with Gasteiger partial charge in [-0.25, -0.2) is 0 Å². The molecule has 1 rings (SSSR count). The summed E-state index contributed by atoms with van der Waals surface area (Å²) < 4.78 is 0. The summed E-state index contributed by atoms with van der Waals surface area (Å²) in [7, 11) is 0. The van der Waals surface area contributed by atoms with E-state index in [1.165, 1.54) is 29.7 Å². The number of rotatable bonds is 9. The standard InChI is InChI=1S/C18H31N3S/c1-5-19-18(20-11-6-7-12-22-4)21-14-16(3)17-10-8-9-15(2)13-17/h8-10,13,16H,5-7,11-12,14H2,1-4H3,(H2,19,20,21). The first-order valence-corrected chi connectivity index (χ1v) is 9.64. The molecule has 0 spiro atoms. The zero-order valence-electron chi connectivity index (χ0n) is 14.5. The molecule has 0 aromatic heterocycles. The Morgan fingerprint density at radius 1 is 1.27 bits per heavy atom. The number of aryl methyl sites for hydroxylation is 1. The van der Waals surface area contributed by atoms with Crippen LogP contribution in [-0.2, 0) is 0 Å². The van der Waals surface area contributed by atoms with E-state index < -0.39 is 0 Å².